The fourth-order valence-corrected chi connectivity index (χ4v) is 2.31. The predicted molar refractivity (Wildman–Crippen MR) is 76.9 cm³/mol. The molecule has 0 saturated carbocycles. The number of para-hydroxylation sites is 1. The van der Waals surface area contributed by atoms with Crippen molar-refractivity contribution in [1.82, 2.24) is 4.98 Å². The van der Waals surface area contributed by atoms with Gasteiger partial charge >= 0.3 is 0 Å². The van der Waals surface area contributed by atoms with Gasteiger partial charge in [0.2, 0.25) is 0 Å². The Bertz CT molecular complexity index is 579. The maximum absolute atomic E-state index is 5.83. The number of nitrogens with zero attached hydrogens (tertiary/aromatic N) is 1. The van der Waals surface area contributed by atoms with Crippen LogP contribution < -0.4 is 4.74 Å². The minimum atomic E-state index is -0.127. The Morgan fingerprint density at radius 2 is 2.05 bits per heavy atom. The SMILES string of the molecule is Cc1nc2ccccc2cc1OCCC1OCCCO1. The number of ether oxygens (including phenoxy) is 3. The molecule has 0 radical (unpaired) electrons. The molecule has 1 aromatic carbocycles. The lowest BCUT2D eigenvalue weighted by atomic mass is 10.2. The van der Waals surface area contributed by atoms with Gasteiger partial charge in [-0.1, -0.05) is 18.2 Å². The Morgan fingerprint density at radius 3 is 2.90 bits per heavy atom. The Hall–Kier alpha value is -1.65. The van der Waals surface area contributed by atoms with Gasteiger partial charge in [-0.3, -0.25) is 0 Å². The minimum Gasteiger partial charge on any atom is -0.491 e. The number of benzene rings is 1. The van der Waals surface area contributed by atoms with Crippen LogP contribution in [0.25, 0.3) is 10.9 Å². The van der Waals surface area contributed by atoms with Crippen LogP contribution in [0.4, 0.5) is 0 Å². The molecule has 1 aliphatic heterocycles. The molecule has 3 rings (SSSR count). The number of aryl methyl sites for hydroxylation is 1. The van der Waals surface area contributed by atoms with Gasteiger partial charge in [-0.05, 0) is 25.5 Å². The Labute approximate surface area is 118 Å². The molecule has 1 fully saturated rings. The molecule has 106 valence electrons. The van der Waals surface area contributed by atoms with Gasteiger partial charge in [-0.25, -0.2) is 4.98 Å². The summed E-state index contributed by atoms with van der Waals surface area (Å²) in [4.78, 5) is 4.55. The normalized spacial score (nSPS) is 16.4. The highest BCUT2D eigenvalue weighted by Crippen LogP contribution is 2.22. The number of rotatable bonds is 4. The average molecular weight is 273 g/mol. The smallest absolute Gasteiger partial charge is 0.160 e. The highest BCUT2D eigenvalue weighted by molar-refractivity contribution is 5.80. The van der Waals surface area contributed by atoms with Crippen molar-refractivity contribution < 1.29 is 14.2 Å². The maximum atomic E-state index is 5.83. The summed E-state index contributed by atoms with van der Waals surface area (Å²) in [5, 5.41) is 1.10. The van der Waals surface area contributed by atoms with E-state index in [-0.39, 0.29) is 6.29 Å². The van der Waals surface area contributed by atoms with Gasteiger partial charge in [0, 0.05) is 11.8 Å². The van der Waals surface area contributed by atoms with Gasteiger partial charge < -0.3 is 14.2 Å². The van der Waals surface area contributed by atoms with Gasteiger partial charge in [0.15, 0.2) is 6.29 Å². The summed E-state index contributed by atoms with van der Waals surface area (Å²) >= 11 is 0. The van der Waals surface area contributed by atoms with E-state index in [0.717, 1.165) is 48.4 Å². The minimum absolute atomic E-state index is 0.127. The molecule has 0 N–H and O–H groups in total. The van der Waals surface area contributed by atoms with E-state index < -0.39 is 0 Å². The van der Waals surface area contributed by atoms with Crippen LogP contribution in [-0.4, -0.2) is 31.1 Å². The third-order valence-electron chi connectivity index (χ3n) is 3.38. The number of pyridine rings is 1. The Morgan fingerprint density at radius 1 is 1.25 bits per heavy atom. The summed E-state index contributed by atoms with van der Waals surface area (Å²) < 4.78 is 16.8. The molecule has 4 heteroatoms. The second-order valence-electron chi connectivity index (χ2n) is 4.93. The van der Waals surface area contributed by atoms with Crippen LogP contribution >= 0.6 is 0 Å². The fraction of sp³-hybridized carbons (Fsp3) is 0.438. The van der Waals surface area contributed by atoms with E-state index in [1.165, 1.54) is 0 Å². The van der Waals surface area contributed by atoms with E-state index in [0.29, 0.717) is 6.61 Å². The maximum Gasteiger partial charge on any atom is 0.160 e. The zero-order chi connectivity index (χ0) is 13.8. The predicted octanol–water partition coefficient (Wildman–Crippen LogP) is 3.08. The van der Waals surface area contributed by atoms with Crippen LogP contribution in [0.2, 0.25) is 0 Å². The molecular formula is C16H19NO3. The topological polar surface area (TPSA) is 40.6 Å². The molecule has 2 aromatic rings. The van der Waals surface area contributed by atoms with Crippen molar-refractivity contribution >= 4 is 10.9 Å². The third-order valence-corrected chi connectivity index (χ3v) is 3.38. The lowest BCUT2D eigenvalue weighted by Gasteiger charge is -2.23. The second-order valence-corrected chi connectivity index (χ2v) is 4.93. The lowest BCUT2D eigenvalue weighted by molar-refractivity contribution is -0.183. The molecule has 1 aromatic heterocycles. The summed E-state index contributed by atoms with van der Waals surface area (Å²) in [6.07, 6.45) is 1.59. The summed E-state index contributed by atoms with van der Waals surface area (Å²) in [6, 6.07) is 10.1. The average Bonchev–Trinajstić information content (AvgIpc) is 2.49. The Kier molecular flexibility index (Phi) is 4.14. The van der Waals surface area contributed by atoms with Crippen LogP contribution in [0.1, 0.15) is 18.5 Å². The van der Waals surface area contributed by atoms with E-state index in [4.69, 9.17) is 14.2 Å². The van der Waals surface area contributed by atoms with E-state index in [1.54, 1.807) is 0 Å². The van der Waals surface area contributed by atoms with Gasteiger partial charge in [0.25, 0.3) is 0 Å². The van der Waals surface area contributed by atoms with Crippen molar-refractivity contribution in [2.45, 2.75) is 26.1 Å². The van der Waals surface area contributed by atoms with Gasteiger partial charge in [0.05, 0.1) is 31.0 Å². The summed E-state index contributed by atoms with van der Waals surface area (Å²) in [6.45, 7) is 4.10. The lowest BCUT2D eigenvalue weighted by Crippen LogP contribution is -2.26. The monoisotopic (exact) mass is 273 g/mol. The van der Waals surface area contributed by atoms with Crippen molar-refractivity contribution in [3.8, 4) is 5.75 Å². The van der Waals surface area contributed by atoms with Gasteiger partial charge in [-0.15, -0.1) is 0 Å². The van der Waals surface area contributed by atoms with Crippen LogP contribution in [-0.2, 0) is 9.47 Å². The van der Waals surface area contributed by atoms with Crippen molar-refractivity contribution in [1.29, 1.82) is 0 Å². The first-order valence-electron chi connectivity index (χ1n) is 7.05. The molecule has 20 heavy (non-hydrogen) atoms. The van der Waals surface area contributed by atoms with Crippen molar-refractivity contribution in [2.75, 3.05) is 19.8 Å². The molecule has 0 amide bonds. The van der Waals surface area contributed by atoms with Crippen molar-refractivity contribution in [3.63, 3.8) is 0 Å². The Balaban J connectivity index is 1.63. The molecule has 1 aliphatic rings. The van der Waals surface area contributed by atoms with E-state index in [9.17, 15) is 0 Å². The number of aromatic nitrogens is 1. The fourth-order valence-electron chi connectivity index (χ4n) is 2.31. The van der Waals surface area contributed by atoms with E-state index in [2.05, 4.69) is 4.98 Å². The summed E-state index contributed by atoms with van der Waals surface area (Å²) in [5.41, 5.74) is 1.91. The van der Waals surface area contributed by atoms with Crippen LogP contribution in [0, 0.1) is 6.92 Å². The van der Waals surface area contributed by atoms with Crippen LogP contribution in [0.15, 0.2) is 30.3 Å². The van der Waals surface area contributed by atoms with Crippen LogP contribution in [0.3, 0.4) is 0 Å². The largest absolute Gasteiger partial charge is 0.491 e. The first-order chi connectivity index (χ1) is 9.83. The highest BCUT2D eigenvalue weighted by atomic mass is 16.7. The molecule has 2 heterocycles. The molecule has 4 nitrogen and oxygen atoms in total. The van der Waals surface area contributed by atoms with Crippen molar-refractivity contribution in [2.24, 2.45) is 0 Å². The molecule has 0 bridgehead atoms. The van der Waals surface area contributed by atoms with E-state index in [1.807, 2.05) is 37.3 Å². The zero-order valence-corrected chi connectivity index (χ0v) is 11.7. The highest BCUT2D eigenvalue weighted by Gasteiger charge is 2.14. The molecule has 1 saturated heterocycles. The van der Waals surface area contributed by atoms with Crippen molar-refractivity contribution in [3.05, 3.63) is 36.0 Å². The molecule has 0 spiro atoms. The second kappa shape index (κ2) is 6.20. The molecular weight excluding hydrogens is 254 g/mol. The molecule has 0 atom stereocenters. The first-order valence-corrected chi connectivity index (χ1v) is 7.05. The van der Waals surface area contributed by atoms with Gasteiger partial charge in [0.1, 0.15) is 5.75 Å². The number of hydrogen-bond acceptors (Lipinski definition) is 4. The zero-order valence-electron chi connectivity index (χ0n) is 11.7. The summed E-state index contributed by atoms with van der Waals surface area (Å²) in [5.74, 6) is 0.833. The third kappa shape index (κ3) is 3.08. The number of fused-ring (bicyclic) bond motifs is 1. The number of hydrogen-bond donors (Lipinski definition) is 0. The van der Waals surface area contributed by atoms with Gasteiger partial charge in [-0.2, -0.15) is 0 Å². The standard InChI is InChI=1S/C16H19NO3/c1-12-15(11-13-5-2-3-6-14(13)17-12)18-10-7-16-19-8-4-9-20-16/h2-3,5-6,11,16H,4,7-10H2,1H3. The molecule has 0 unspecified atom stereocenters. The summed E-state index contributed by atoms with van der Waals surface area (Å²) in [7, 11) is 0. The van der Waals surface area contributed by atoms with Crippen LogP contribution in [0.5, 0.6) is 5.75 Å². The first kappa shape index (κ1) is 13.3. The molecule has 0 aliphatic carbocycles. The van der Waals surface area contributed by atoms with E-state index >= 15 is 0 Å². The quantitative estimate of drug-likeness (QED) is 0.858.